The molecule has 0 radical (unpaired) electrons. The number of rotatable bonds is 4. The molecule has 5 nitrogen and oxygen atoms in total. The first kappa shape index (κ1) is 17.0. The van der Waals surface area contributed by atoms with Gasteiger partial charge in [-0.2, -0.15) is 0 Å². The summed E-state index contributed by atoms with van der Waals surface area (Å²) < 4.78 is 5.28. The Balaban J connectivity index is 1.81. The maximum atomic E-state index is 12.7. The van der Waals surface area contributed by atoms with Gasteiger partial charge in [0.15, 0.2) is 0 Å². The fraction of sp³-hybridized carbons (Fsp3) is 0.300. The summed E-state index contributed by atoms with van der Waals surface area (Å²) in [5.74, 6) is 0.926. The van der Waals surface area contributed by atoms with Crippen LogP contribution in [-0.4, -0.2) is 32.1 Å². The molecule has 25 heavy (non-hydrogen) atoms. The zero-order valence-corrected chi connectivity index (χ0v) is 14.7. The van der Waals surface area contributed by atoms with E-state index < -0.39 is 0 Å². The number of anilines is 1. The molecule has 1 N–H and O–H groups in total. The van der Waals surface area contributed by atoms with E-state index in [9.17, 15) is 4.79 Å². The molecule has 0 fully saturated rings. The number of hydrogen-bond acceptors (Lipinski definition) is 4. The van der Waals surface area contributed by atoms with E-state index >= 15 is 0 Å². The molecule has 0 saturated heterocycles. The Morgan fingerprint density at radius 3 is 2.68 bits per heavy atom. The maximum absolute atomic E-state index is 12.7. The Hall–Kier alpha value is -2.82. The van der Waals surface area contributed by atoms with Crippen molar-refractivity contribution in [3.63, 3.8) is 0 Å². The molecule has 0 aliphatic carbocycles. The lowest BCUT2D eigenvalue weighted by Crippen LogP contribution is -2.47. The van der Waals surface area contributed by atoms with E-state index in [4.69, 9.17) is 4.74 Å². The minimum atomic E-state index is -0.215. The highest BCUT2D eigenvalue weighted by Gasteiger charge is 2.21. The van der Waals surface area contributed by atoms with Gasteiger partial charge < -0.3 is 9.64 Å². The number of amides is 1. The average Bonchev–Trinajstić information content (AvgIpc) is 2.68. The number of carbonyl (C=O) groups excluding carboxylic acids is 1. The van der Waals surface area contributed by atoms with Crippen molar-refractivity contribution in [2.24, 2.45) is 4.99 Å². The van der Waals surface area contributed by atoms with Crippen LogP contribution in [0.15, 0.2) is 53.5 Å². The Bertz CT molecular complexity index is 769. The van der Waals surface area contributed by atoms with E-state index in [0.29, 0.717) is 23.8 Å². The van der Waals surface area contributed by atoms with Crippen LogP contribution in [0.2, 0.25) is 0 Å². The van der Waals surface area contributed by atoms with Gasteiger partial charge in [-0.25, -0.2) is 0 Å². The van der Waals surface area contributed by atoms with Gasteiger partial charge in [-0.15, -0.1) is 0 Å². The SMILES string of the molecule is CCc1ccc(N2CCCN=C2NC(=O)c2ccccc2OC)cc1. The monoisotopic (exact) mass is 337 g/mol. The number of guanidine groups is 1. The third-order valence-corrected chi connectivity index (χ3v) is 4.29. The quantitative estimate of drug-likeness (QED) is 0.932. The largest absolute Gasteiger partial charge is 0.496 e. The number of ether oxygens (including phenoxy) is 1. The molecule has 1 aliphatic heterocycles. The fourth-order valence-electron chi connectivity index (χ4n) is 2.88. The summed E-state index contributed by atoms with van der Waals surface area (Å²) in [6, 6.07) is 15.6. The Kier molecular flexibility index (Phi) is 5.33. The van der Waals surface area contributed by atoms with Crippen molar-refractivity contribution in [1.29, 1.82) is 0 Å². The summed E-state index contributed by atoms with van der Waals surface area (Å²) in [7, 11) is 1.56. The molecule has 130 valence electrons. The lowest BCUT2D eigenvalue weighted by Gasteiger charge is -2.29. The molecule has 3 rings (SSSR count). The number of aryl methyl sites for hydroxylation is 1. The van der Waals surface area contributed by atoms with Crippen LogP contribution in [0.5, 0.6) is 5.75 Å². The summed E-state index contributed by atoms with van der Waals surface area (Å²) in [6.45, 7) is 3.68. The van der Waals surface area contributed by atoms with Crippen molar-refractivity contribution in [3.8, 4) is 5.75 Å². The number of aliphatic imine (C=N–C) groups is 1. The highest BCUT2D eigenvalue weighted by Crippen LogP contribution is 2.20. The molecule has 0 saturated carbocycles. The number of nitrogens with one attached hydrogen (secondary N) is 1. The van der Waals surface area contributed by atoms with E-state index in [-0.39, 0.29) is 5.91 Å². The number of methoxy groups -OCH3 is 1. The van der Waals surface area contributed by atoms with Gasteiger partial charge >= 0.3 is 0 Å². The molecule has 2 aromatic carbocycles. The predicted octanol–water partition coefficient (Wildman–Crippen LogP) is 3.25. The first-order chi connectivity index (χ1) is 12.2. The van der Waals surface area contributed by atoms with Crippen LogP contribution >= 0.6 is 0 Å². The number of para-hydroxylation sites is 1. The molecule has 2 aromatic rings. The molecule has 0 atom stereocenters. The topological polar surface area (TPSA) is 53.9 Å². The molecule has 5 heteroatoms. The van der Waals surface area contributed by atoms with Crippen molar-refractivity contribution in [1.82, 2.24) is 5.32 Å². The molecule has 0 bridgehead atoms. The third-order valence-electron chi connectivity index (χ3n) is 4.29. The van der Waals surface area contributed by atoms with Gasteiger partial charge in [-0.05, 0) is 42.7 Å². The molecular formula is C20H23N3O2. The number of benzene rings is 2. The van der Waals surface area contributed by atoms with E-state index in [2.05, 4.69) is 46.4 Å². The Morgan fingerprint density at radius 1 is 1.20 bits per heavy atom. The van der Waals surface area contributed by atoms with Gasteiger partial charge in [0, 0.05) is 18.8 Å². The summed E-state index contributed by atoms with van der Waals surface area (Å²) in [6.07, 6.45) is 1.97. The lowest BCUT2D eigenvalue weighted by molar-refractivity contribution is 0.0973. The van der Waals surface area contributed by atoms with E-state index in [1.54, 1.807) is 19.2 Å². The smallest absolute Gasteiger partial charge is 0.261 e. The highest BCUT2D eigenvalue weighted by atomic mass is 16.5. The number of nitrogens with zero attached hydrogens (tertiary/aromatic N) is 2. The van der Waals surface area contributed by atoms with Gasteiger partial charge in [0.2, 0.25) is 5.96 Å². The van der Waals surface area contributed by atoms with Crippen molar-refractivity contribution in [3.05, 3.63) is 59.7 Å². The van der Waals surface area contributed by atoms with Gasteiger partial charge in [-0.3, -0.25) is 15.1 Å². The summed E-state index contributed by atoms with van der Waals surface area (Å²) >= 11 is 0. The summed E-state index contributed by atoms with van der Waals surface area (Å²) in [4.78, 5) is 19.2. The summed E-state index contributed by atoms with van der Waals surface area (Å²) in [5.41, 5.74) is 2.83. The van der Waals surface area contributed by atoms with E-state index in [1.165, 1.54) is 5.56 Å². The molecule has 0 unspecified atom stereocenters. The van der Waals surface area contributed by atoms with Gasteiger partial charge in [0.1, 0.15) is 5.75 Å². The van der Waals surface area contributed by atoms with Crippen LogP contribution in [0.25, 0.3) is 0 Å². The number of hydrogen-bond donors (Lipinski definition) is 1. The standard InChI is InChI=1S/C20H23N3O2/c1-3-15-9-11-16(12-10-15)23-14-6-13-21-20(23)22-19(24)17-7-4-5-8-18(17)25-2/h4-5,7-12H,3,6,13-14H2,1-2H3,(H,21,22,24). The summed E-state index contributed by atoms with van der Waals surface area (Å²) in [5, 5.41) is 2.94. The van der Waals surface area contributed by atoms with Gasteiger partial charge in [-0.1, -0.05) is 31.2 Å². The van der Waals surface area contributed by atoms with Crippen molar-refractivity contribution < 1.29 is 9.53 Å². The second-order valence-corrected chi connectivity index (χ2v) is 5.88. The normalized spacial score (nSPS) is 14.0. The van der Waals surface area contributed by atoms with Gasteiger partial charge in [0.25, 0.3) is 5.91 Å². The van der Waals surface area contributed by atoms with Crippen LogP contribution in [0.3, 0.4) is 0 Å². The first-order valence-electron chi connectivity index (χ1n) is 8.58. The molecule has 1 heterocycles. The highest BCUT2D eigenvalue weighted by molar-refractivity contribution is 6.12. The van der Waals surface area contributed by atoms with Crippen LogP contribution < -0.4 is 15.0 Å². The molecule has 1 amide bonds. The minimum Gasteiger partial charge on any atom is -0.496 e. The maximum Gasteiger partial charge on any atom is 0.261 e. The van der Waals surface area contributed by atoms with Crippen LogP contribution in [0.1, 0.15) is 29.3 Å². The predicted molar refractivity (Wildman–Crippen MR) is 101 cm³/mol. The second-order valence-electron chi connectivity index (χ2n) is 5.88. The van der Waals surface area contributed by atoms with Crippen LogP contribution in [0.4, 0.5) is 5.69 Å². The van der Waals surface area contributed by atoms with Gasteiger partial charge in [0.05, 0.1) is 12.7 Å². The average molecular weight is 337 g/mol. The zero-order chi connectivity index (χ0) is 17.6. The minimum absolute atomic E-state index is 0.215. The van der Waals surface area contributed by atoms with Crippen molar-refractivity contribution in [2.75, 3.05) is 25.1 Å². The lowest BCUT2D eigenvalue weighted by atomic mass is 10.1. The molecule has 0 spiro atoms. The van der Waals surface area contributed by atoms with Crippen molar-refractivity contribution in [2.45, 2.75) is 19.8 Å². The molecule has 1 aliphatic rings. The van der Waals surface area contributed by atoms with E-state index in [0.717, 1.165) is 25.1 Å². The first-order valence-corrected chi connectivity index (χ1v) is 8.58. The zero-order valence-electron chi connectivity index (χ0n) is 14.7. The third kappa shape index (κ3) is 3.82. The second kappa shape index (κ2) is 7.83. The van der Waals surface area contributed by atoms with Crippen LogP contribution in [0, 0.1) is 0 Å². The Labute approximate surface area is 148 Å². The fourth-order valence-corrected chi connectivity index (χ4v) is 2.88. The number of carbonyl (C=O) groups is 1. The van der Waals surface area contributed by atoms with E-state index in [1.807, 2.05) is 12.1 Å². The Morgan fingerprint density at radius 2 is 1.96 bits per heavy atom. The van der Waals surface area contributed by atoms with Crippen LogP contribution in [-0.2, 0) is 6.42 Å². The molecule has 0 aromatic heterocycles. The molecular weight excluding hydrogens is 314 g/mol. The van der Waals surface area contributed by atoms with Crippen molar-refractivity contribution >= 4 is 17.6 Å².